The number of carbonyl (C=O) groups excluding carboxylic acids is 1. The molecule has 0 saturated heterocycles. The number of hydrogen-bond acceptors (Lipinski definition) is 3. The van der Waals surface area contributed by atoms with E-state index in [2.05, 4.69) is 18.5 Å². The summed E-state index contributed by atoms with van der Waals surface area (Å²) in [6.07, 6.45) is 7.90. The van der Waals surface area contributed by atoms with Crippen LogP contribution in [0.2, 0.25) is 0 Å². The molecule has 0 atom stereocenters. The van der Waals surface area contributed by atoms with E-state index in [1.54, 1.807) is 36.7 Å². The number of allylic oxidation sites excluding steroid dienone is 3. The molecule has 0 saturated carbocycles. The van der Waals surface area contributed by atoms with Crippen LogP contribution in [0.1, 0.15) is 43.6 Å². The fourth-order valence-corrected chi connectivity index (χ4v) is 2.61. The Morgan fingerprint density at radius 1 is 1.03 bits per heavy atom. The van der Waals surface area contributed by atoms with Crippen molar-refractivity contribution in [2.45, 2.75) is 34.1 Å². The van der Waals surface area contributed by atoms with E-state index in [0.29, 0.717) is 16.9 Å². The fraction of sp³-hybridized carbons (Fsp3) is 0.185. The highest BCUT2D eigenvalue weighted by Gasteiger charge is 2.09. The van der Waals surface area contributed by atoms with Gasteiger partial charge >= 0.3 is 0 Å². The standard InChI is InChI=1S/C17H15NO.C8H10O.C2H6/c1-3-13(4-2)17(19)15-8-5-7-14(11-15)16-9-6-10-18-12-16;1-2-7-3-5-8(9)6-4-7;1-2/h3-12H,1H2,2H3;3-6,9H,2H2,1H3;1-2H3/b13-4+;;. The van der Waals surface area contributed by atoms with Gasteiger partial charge in [0.05, 0.1) is 0 Å². The van der Waals surface area contributed by atoms with Gasteiger partial charge in [0.25, 0.3) is 0 Å². The van der Waals surface area contributed by atoms with Crippen molar-refractivity contribution in [2.24, 2.45) is 0 Å². The van der Waals surface area contributed by atoms with Crippen LogP contribution in [0.5, 0.6) is 5.75 Å². The molecule has 0 amide bonds. The zero-order chi connectivity index (χ0) is 22.4. The number of phenolic OH excluding ortho intramolecular Hbond substituents is 1. The van der Waals surface area contributed by atoms with Gasteiger partial charge in [-0.1, -0.05) is 75.9 Å². The number of aryl methyl sites for hydroxylation is 1. The molecule has 0 bridgehead atoms. The summed E-state index contributed by atoms with van der Waals surface area (Å²) in [6, 6.07) is 18.7. The van der Waals surface area contributed by atoms with Crippen LogP contribution in [0.3, 0.4) is 0 Å². The van der Waals surface area contributed by atoms with Crippen molar-refractivity contribution < 1.29 is 9.90 Å². The van der Waals surface area contributed by atoms with Crippen molar-refractivity contribution >= 4 is 5.78 Å². The molecule has 0 unspecified atom stereocenters. The lowest BCUT2D eigenvalue weighted by atomic mass is 9.99. The predicted octanol–water partition coefficient (Wildman–Crippen LogP) is 7.04. The van der Waals surface area contributed by atoms with E-state index in [4.69, 9.17) is 5.11 Å². The Bertz CT molecular complexity index is 942. The maximum absolute atomic E-state index is 12.2. The van der Waals surface area contributed by atoms with E-state index >= 15 is 0 Å². The molecule has 0 aliphatic heterocycles. The molecule has 3 aromatic rings. The van der Waals surface area contributed by atoms with Crippen molar-refractivity contribution in [3.05, 3.63) is 108 Å². The summed E-state index contributed by atoms with van der Waals surface area (Å²) < 4.78 is 0. The second kappa shape index (κ2) is 13.7. The van der Waals surface area contributed by atoms with Crippen molar-refractivity contribution in [1.29, 1.82) is 0 Å². The van der Waals surface area contributed by atoms with E-state index in [1.165, 1.54) is 5.56 Å². The van der Waals surface area contributed by atoms with Gasteiger partial charge in [0, 0.05) is 29.1 Å². The minimum Gasteiger partial charge on any atom is -0.508 e. The summed E-state index contributed by atoms with van der Waals surface area (Å²) in [4.78, 5) is 16.3. The normalized spacial score (nSPS) is 10.1. The van der Waals surface area contributed by atoms with Crippen LogP contribution in [-0.4, -0.2) is 15.9 Å². The number of aromatic hydroxyl groups is 1. The van der Waals surface area contributed by atoms with Gasteiger partial charge in [0.2, 0.25) is 0 Å². The average Bonchev–Trinajstić information content (AvgIpc) is 2.83. The van der Waals surface area contributed by atoms with Crippen LogP contribution in [0.4, 0.5) is 0 Å². The summed E-state index contributed by atoms with van der Waals surface area (Å²) in [5.41, 5.74) is 4.52. The molecule has 3 rings (SSSR count). The minimum absolute atomic E-state index is 0.0109. The number of benzene rings is 2. The van der Waals surface area contributed by atoms with Gasteiger partial charge in [-0.15, -0.1) is 0 Å². The van der Waals surface area contributed by atoms with Gasteiger partial charge in [0.15, 0.2) is 5.78 Å². The van der Waals surface area contributed by atoms with Crippen molar-refractivity contribution in [3.63, 3.8) is 0 Å². The summed E-state index contributed by atoms with van der Waals surface area (Å²) in [7, 11) is 0. The van der Waals surface area contributed by atoms with Gasteiger partial charge < -0.3 is 5.11 Å². The summed E-state index contributed by atoms with van der Waals surface area (Å²) in [5, 5.41) is 8.85. The summed E-state index contributed by atoms with van der Waals surface area (Å²) in [6.45, 7) is 11.6. The molecule has 0 spiro atoms. The van der Waals surface area contributed by atoms with Crippen molar-refractivity contribution in [1.82, 2.24) is 4.98 Å². The van der Waals surface area contributed by atoms with E-state index in [9.17, 15) is 4.79 Å². The molecule has 3 nitrogen and oxygen atoms in total. The zero-order valence-corrected chi connectivity index (χ0v) is 18.3. The minimum atomic E-state index is -0.0109. The lowest BCUT2D eigenvalue weighted by Gasteiger charge is -2.05. The first kappa shape index (κ1) is 24.6. The highest BCUT2D eigenvalue weighted by atomic mass is 16.3. The molecule has 3 heteroatoms. The molecule has 30 heavy (non-hydrogen) atoms. The van der Waals surface area contributed by atoms with Crippen LogP contribution in [0, 0.1) is 0 Å². The van der Waals surface area contributed by atoms with Gasteiger partial charge in [0.1, 0.15) is 5.75 Å². The average molecular weight is 402 g/mol. The highest BCUT2D eigenvalue weighted by Crippen LogP contribution is 2.20. The van der Waals surface area contributed by atoms with Gasteiger partial charge in [-0.05, 0) is 48.7 Å². The molecule has 1 aromatic heterocycles. The number of phenols is 1. The molecule has 156 valence electrons. The number of hydrogen-bond donors (Lipinski definition) is 1. The number of pyridine rings is 1. The van der Waals surface area contributed by atoms with Gasteiger partial charge in [-0.3, -0.25) is 9.78 Å². The summed E-state index contributed by atoms with van der Waals surface area (Å²) >= 11 is 0. The molecule has 0 fully saturated rings. The number of nitrogens with zero attached hydrogens (tertiary/aromatic N) is 1. The Hall–Kier alpha value is -3.46. The highest BCUT2D eigenvalue weighted by molar-refractivity contribution is 6.10. The Morgan fingerprint density at radius 2 is 1.70 bits per heavy atom. The molecule has 0 aliphatic rings. The van der Waals surface area contributed by atoms with Gasteiger partial charge in [-0.25, -0.2) is 0 Å². The Morgan fingerprint density at radius 3 is 2.23 bits per heavy atom. The van der Waals surface area contributed by atoms with Gasteiger partial charge in [-0.2, -0.15) is 0 Å². The number of rotatable bonds is 5. The van der Waals surface area contributed by atoms with Crippen LogP contribution >= 0.6 is 0 Å². The Balaban J connectivity index is 0.000000342. The first-order chi connectivity index (χ1) is 14.6. The third kappa shape index (κ3) is 7.51. The number of Topliss-reactive ketones (excluding diaryl/α,β-unsaturated/α-hetero) is 1. The third-order valence-corrected chi connectivity index (χ3v) is 4.26. The van der Waals surface area contributed by atoms with Crippen molar-refractivity contribution in [3.8, 4) is 16.9 Å². The topological polar surface area (TPSA) is 50.2 Å². The Kier molecular flexibility index (Phi) is 11.2. The second-order valence-electron chi connectivity index (χ2n) is 6.12. The molecular weight excluding hydrogens is 370 g/mol. The number of aromatic nitrogens is 1. The maximum Gasteiger partial charge on any atom is 0.192 e. The van der Waals surface area contributed by atoms with E-state index in [0.717, 1.165) is 17.5 Å². The van der Waals surface area contributed by atoms with E-state index < -0.39 is 0 Å². The monoisotopic (exact) mass is 401 g/mol. The van der Waals surface area contributed by atoms with E-state index in [-0.39, 0.29) is 5.78 Å². The molecule has 0 aliphatic carbocycles. The first-order valence-corrected chi connectivity index (χ1v) is 10.2. The first-order valence-electron chi connectivity index (χ1n) is 10.2. The van der Waals surface area contributed by atoms with Crippen LogP contribution in [-0.2, 0) is 6.42 Å². The van der Waals surface area contributed by atoms with Crippen LogP contribution in [0.25, 0.3) is 11.1 Å². The fourth-order valence-electron chi connectivity index (χ4n) is 2.61. The predicted molar refractivity (Wildman–Crippen MR) is 127 cm³/mol. The van der Waals surface area contributed by atoms with Crippen molar-refractivity contribution in [2.75, 3.05) is 0 Å². The summed E-state index contributed by atoms with van der Waals surface area (Å²) in [5.74, 6) is 0.329. The Labute approximate surface area is 180 Å². The molecule has 2 aromatic carbocycles. The molecule has 0 radical (unpaired) electrons. The quantitative estimate of drug-likeness (QED) is 0.283. The van der Waals surface area contributed by atoms with E-state index in [1.807, 2.05) is 69.3 Å². The molecular formula is C27H31NO2. The number of ketones is 1. The van der Waals surface area contributed by atoms with Crippen LogP contribution in [0.15, 0.2) is 97.4 Å². The second-order valence-corrected chi connectivity index (χ2v) is 6.12. The third-order valence-electron chi connectivity index (χ3n) is 4.26. The van der Waals surface area contributed by atoms with Crippen LogP contribution < -0.4 is 0 Å². The lowest BCUT2D eigenvalue weighted by Crippen LogP contribution is -2.01. The lowest BCUT2D eigenvalue weighted by molar-refractivity contribution is 0.103. The SMILES string of the molecule is C=C/C(=C\C)C(=O)c1cccc(-c2cccnc2)c1.CC.CCc1ccc(O)cc1. The maximum atomic E-state index is 12.2. The largest absolute Gasteiger partial charge is 0.508 e. The smallest absolute Gasteiger partial charge is 0.192 e. The molecule has 1 heterocycles. The molecule has 1 N–H and O–H groups in total. The number of carbonyl (C=O) groups is 1. The zero-order valence-electron chi connectivity index (χ0n) is 18.3.